The van der Waals surface area contributed by atoms with E-state index < -0.39 is 66.9 Å². The molecule has 0 rings (SSSR count). The van der Waals surface area contributed by atoms with Gasteiger partial charge >= 0.3 is 11.9 Å². The van der Waals surface area contributed by atoms with E-state index in [0.29, 0.717) is 12.2 Å². The number of aliphatic hydroxyl groups excluding tert-OH is 1. The summed E-state index contributed by atoms with van der Waals surface area (Å²) in [6.07, 6.45) is 1.34. The van der Waals surface area contributed by atoms with Crippen LogP contribution in [0.15, 0.2) is 0 Å². The van der Waals surface area contributed by atoms with Crippen LogP contribution in [0.2, 0.25) is 0 Å². The van der Waals surface area contributed by atoms with Crippen LogP contribution in [0.4, 0.5) is 0 Å². The van der Waals surface area contributed by atoms with Crippen LogP contribution in [-0.2, 0) is 24.0 Å². The van der Waals surface area contributed by atoms with Gasteiger partial charge in [-0.2, -0.15) is 24.4 Å². The lowest BCUT2D eigenvalue weighted by molar-refractivity contribution is -0.147. The number of nitrogens with one attached hydrogen (secondary N) is 3. The fourth-order valence-corrected chi connectivity index (χ4v) is 2.71. The number of carboxylic acid groups (broad SMARTS) is 2. The number of hydrogen-bond acceptors (Lipinski definition) is 9. The standard InChI is InChI=1S/C15H26N4O8S2/c1-29-3-2-7(16)12(23)19-10(6-28)14(25)18-9(5-20)13(24)17-8(15(26)27)4-11(21)22/h7-10,20,28H,2-6,16H2,1H3,(H,17,24)(H,18,25)(H,19,23)(H,21,22)(H,26,27). The second-order valence-corrected chi connectivity index (χ2v) is 7.22. The molecule has 12 nitrogen and oxygen atoms in total. The Balaban J connectivity index is 4.95. The largest absolute Gasteiger partial charge is 0.481 e. The Kier molecular flexibility index (Phi) is 13.0. The van der Waals surface area contributed by atoms with Crippen LogP contribution in [0.3, 0.4) is 0 Å². The molecule has 0 spiro atoms. The van der Waals surface area contributed by atoms with Crippen molar-refractivity contribution in [1.29, 1.82) is 0 Å². The van der Waals surface area contributed by atoms with E-state index in [4.69, 9.17) is 15.9 Å². The maximum absolute atomic E-state index is 12.3. The summed E-state index contributed by atoms with van der Waals surface area (Å²) < 4.78 is 0. The minimum absolute atomic E-state index is 0.136. The zero-order chi connectivity index (χ0) is 22.6. The summed E-state index contributed by atoms with van der Waals surface area (Å²) in [6.45, 7) is -0.891. The number of rotatable bonds is 14. The predicted octanol–water partition coefficient (Wildman–Crippen LogP) is -3.00. The Morgan fingerprint density at radius 2 is 1.48 bits per heavy atom. The number of thioether (sulfide) groups is 1. The summed E-state index contributed by atoms with van der Waals surface area (Å²) in [5.74, 6) is -5.10. The predicted molar refractivity (Wildman–Crippen MR) is 108 cm³/mol. The van der Waals surface area contributed by atoms with Crippen LogP contribution in [0.5, 0.6) is 0 Å². The van der Waals surface area contributed by atoms with E-state index in [0.717, 1.165) is 0 Å². The van der Waals surface area contributed by atoms with Gasteiger partial charge < -0.3 is 37.0 Å². The Morgan fingerprint density at radius 1 is 0.966 bits per heavy atom. The molecular weight excluding hydrogens is 428 g/mol. The molecule has 0 aromatic heterocycles. The number of aliphatic carboxylic acids is 2. The fraction of sp³-hybridized carbons (Fsp3) is 0.667. The van der Waals surface area contributed by atoms with Crippen LogP contribution in [0.1, 0.15) is 12.8 Å². The number of aliphatic hydroxyl groups is 1. The highest BCUT2D eigenvalue weighted by molar-refractivity contribution is 7.98. The van der Waals surface area contributed by atoms with Crippen LogP contribution in [0, 0.1) is 0 Å². The van der Waals surface area contributed by atoms with Crippen molar-refractivity contribution in [2.24, 2.45) is 5.73 Å². The van der Waals surface area contributed by atoms with Gasteiger partial charge in [-0.25, -0.2) is 4.79 Å². The number of hydrogen-bond donors (Lipinski definition) is 8. The van der Waals surface area contributed by atoms with E-state index in [2.05, 4.69) is 23.3 Å². The molecule has 0 aromatic carbocycles. The van der Waals surface area contributed by atoms with Crippen molar-refractivity contribution in [3.63, 3.8) is 0 Å². The minimum Gasteiger partial charge on any atom is -0.481 e. The van der Waals surface area contributed by atoms with Gasteiger partial charge in [0.2, 0.25) is 17.7 Å². The molecule has 0 radical (unpaired) electrons. The molecule has 0 saturated heterocycles. The number of carbonyl (C=O) groups excluding carboxylic acids is 3. The monoisotopic (exact) mass is 454 g/mol. The average Bonchev–Trinajstić information content (AvgIpc) is 2.66. The van der Waals surface area contributed by atoms with E-state index in [-0.39, 0.29) is 5.75 Å². The highest BCUT2D eigenvalue weighted by Crippen LogP contribution is 2.01. The molecular formula is C15H26N4O8S2. The van der Waals surface area contributed by atoms with E-state index >= 15 is 0 Å². The first kappa shape index (κ1) is 27.0. The average molecular weight is 455 g/mol. The van der Waals surface area contributed by atoms with Gasteiger partial charge in [0.15, 0.2) is 0 Å². The normalized spacial score (nSPS) is 14.8. The third-order valence-corrected chi connectivity index (χ3v) is 4.60. The number of carboxylic acids is 2. The highest BCUT2D eigenvalue weighted by atomic mass is 32.2. The molecule has 3 amide bonds. The Labute approximate surface area is 176 Å². The molecule has 166 valence electrons. The fourth-order valence-electron chi connectivity index (χ4n) is 1.96. The van der Waals surface area contributed by atoms with Gasteiger partial charge in [-0.15, -0.1) is 0 Å². The smallest absolute Gasteiger partial charge is 0.326 e. The van der Waals surface area contributed by atoms with Gasteiger partial charge in [0.05, 0.1) is 19.1 Å². The van der Waals surface area contributed by atoms with Crippen molar-refractivity contribution < 1.29 is 39.3 Å². The molecule has 0 aliphatic heterocycles. The van der Waals surface area contributed by atoms with Gasteiger partial charge in [-0.05, 0) is 18.4 Å². The first-order chi connectivity index (χ1) is 13.6. The Bertz CT molecular complexity index is 607. The van der Waals surface area contributed by atoms with Crippen molar-refractivity contribution in [3.05, 3.63) is 0 Å². The van der Waals surface area contributed by atoms with Crippen molar-refractivity contribution in [3.8, 4) is 0 Å². The number of carbonyl (C=O) groups is 5. The van der Waals surface area contributed by atoms with Gasteiger partial charge in [-0.1, -0.05) is 0 Å². The van der Waals surface area contributed by atoms with E-state index in [9.17, 15) is 29.1 Å². The lowest BCUT2D eigenvalue weighted by atomic mass is 10.1. The Morgan fingerprint density at radius 3 is 1.93 bits per heavy atom. The molecule has 0 aliphatic carbocycles. The molecule has 0 saturated carbocycles. The topological polar surface area (TPSA) is 208 Å². The molecule has 8 N–H and O–H groups in total. The first-order valence-corrected chi connectivity index (χ1v) is 10.4. The number of amides is 3. The first-order valence-electron chi connectivity index (χ1n) is 8.39. The summed E-state index contributed by atoms with van der Waals surface area (Å²) in [4.78, 5) is 58.1. The molecule has 0 bridgehead atoms. The van der Waals surface area contributed by atoms with Crippen LogP contribution in [0.25, 0.3) is 0 Å². The van der Waals surface area contributed by atoms with Crippen molar-refractivity contribution in [2.75, 3.05) is 24.4 Å². The molecule has 14 heteroatoms. The lowest BCUT2D eigenvalue weighted by Crippen LogP contribution is -2.58. The lowest BCUT2D eigenvalue weighted by Gasteiger charge is -2.23. The maximum atomic E-state index is 12.3. The minimum atomic E-state index is -1.75. The zero-order valence-electron chi connectivity index (χ0n) is 15.7. The summed E-state index contributed by atoms with van der Waals surface area (Å²) in [5, 5.41) is 33.4. The van der Waals surface area contributed by atoms with Crippen LogP contribution < -0.4 is 21.7 Å². The third-order valence-electron chi connectivity index (χ3n) is 3.59. The molecule has 4 atom stereocenters. The van der Waals surface area contributed by atoms with Crippen molar-refractivity contribution in [1.82, 2.24) is 16.0 Å². The molecule has 4 unspecified atom stereocenters. The van der Waals surface area contributed by atoms with E-state index in [1.165, 1.54) is 11.8 Å². The van der Waals surface area contributed by atoms with Crippen molar-refractivity contribution in [2.45, 2.75) is 37.0 Å². The van der Waals surface area contributed by atoms with Gasteiger partial charge in [0.1, 0.15) is 18.1 Å². The summed E-state index contributed by atoms with van der Waals surface area (Å²) >= 11 is 5.46. The van der Waals surface area contributed by atoms with Crippen molar-refractivity contribution >= 4 is 54.1 Å². The Hall–Kier alpha value is -2.03. The van der Waals surface area contributed by atoms with Gasteiger partial charge in [0, 0.05) is 5.75 Å². The summed E-state index contributed by atoms with van der Waals surface area (Å²) in [6, 6.07) is -5.33. The number of thiol groups is 1. The second kappa shape index (κ2) is 14.0. The SMILES string of the molecule is CSCCC(N)C(=O)NC(CS)C(=O)NC(CO)C(=O)NC(CC(=O)O)C(=O)O. The van der Waals surface area contributed by atoms with Gasteiger partial charge in [-0.3, -0.25) is 19.2 Å². The van der Waals surface area contributed by atoms with E-state index in [1.54, 1.807) is 0 Å². The summed E-state index contributed by atoms with van der Waals surface area (Å²) in [7, 11) is 0. The zero-order valence-corrected chi connectivity index (χ0v) is 17.4. The van der Waals surface area contributed by atoms with Crippen LogP contribution >= 0.6 is 24.4 Å². The quantitative estimate of drug-likeness (QED) is 0.125. The number of nitrogens with two attached hydrogens (primary N) is 1. The third kappa shape index (κ3) is 10.3. The van der Waals surface area contributed by atoms with Gasteiger partial charge in [0.25, 0.3) is 0 Å². The van der Waals surface area contributed by atoms with Crippen LogP contribution in [-0.4, -0.2) is 93.5 Å². The highest BCUT2D eigenvalue weighted by Gasteiger charge is 2.30. The van der Waals surface area contributed by atoms with E-state index in [1.807, 2.05) is 11.6 Å². The maximum Gasteiger partial charge on any atom is 0.326 e. The molecule has 0 fully saturated rings. The molecule has 0 heterocycles. The molecule has 29 heavy (non-hydrogen) atoms. The molecule has 0 aliphatic rings. The molecule has 0 aromatic rings. The second-order valence-electron chi connectivity index (χ2n) is 5.87. The summed E-state index contributed by atoms with van der Waals surface area (Å²) in [5.41, 5.74) is 5.72.